The molecule has 0 aliphatic carbocycles. The summed E-state index contributed by atoms with van der Waals surface area (Å²) in [7, 11) is 3.63. The number of carbonyl (C=O) groups excluding carboxylic acids is 1. The molecular formula is C19H35N7O3. The Balaban J connectivity index is 1.97. The third kappa shape index (κ3) is 7.52. The number of hydrogen-bond acceptors (Lipinski definition) is 6. The highest BCUT2D eigenvalue weighted by Crippen LogP contribution is 2.12. The van der Waals surface area contributed by atoms with Gasteiger partial charge < -0.3 is 29.6 Å². The van der Waals surface area contributed by atoms with Gasteiger partial charge in [-0.25, -0.2) is 9.79 Å². The molecule has 29 heavy (non-hydrogen) atoms. The maximum Gasteiger partial charge on any atom is 0.407 e. The third-order valence-corrected chi connectivity index (χ3v) is 4.57. The Hall–Kier alpha value is -2.36. The van der Waals surface area contributed by atoms with Crippen LogP contribution in [0.5, 0.6) is 0 Å². The smallest absolute Gasteiger partial charge is 0.407 e. The van der Waals surface area contributed by atoms with Crippen LogP contribution in [0, 0.1) is 6.92 Å². The number of nitrogens with zero attached hydrogens (tertiary/aromatic N) is 5. The molecule has 1 unspecified atom stereocenters. The summed E-state index contributed by atoms with van der Waals surface area (Å²) in [5, 5.41) is 14.6. The van der Waals surface area contributed by atoms with E-state index in [0.717, 1.165) is 43.5 Å². The van der Waals surface area contributed by atoms with Gasteiger partial charge >= 0.3 is 6.09 Å². The molecule has 0 spiro atoms. The first-order chi connectivity index (χ1) is 13.7. The van der Waals surface area contributed by atoms with Gasteiger partial charge in [0.15, 0.2) is 11.8 Å². The zero-order valence-corrected chi connectivity index (χ0v) is 18.5. The predicted octanol–water partition coefficient (Wildman–Crippen LogP) is 1.20. The normalized spacial score (nSPS) is 17.5. The zero-order valence-electron chi connectivity index (χ0n) is 18.5. The highest BCUT2D eigenvalue weighted by atomic mass is 16.6. The van der Waals surface area contributed by atoms with E-state index in [1.54, 1.807) is 7.11 Å². The van der Waals surface area contributed by atoms with Gasteiger partial charge in [0.05, 0.1) is 6.04 Å². The van der Waals surface area contributed by atoms with Gasteiger partial charge in [0.1, 0.15) is 18.0 Å². The molecule has 10 heteroatoms. The lowest BCUT2D eigenvalue weighted by molar-refractivity contribution is 0.0507. The minimum Gasteiger partial charge on any atom is -0.444 e. The number of aliphatic imine (C=N–C) groups is 1. The molecule has 0 saturated carbocycles. The van der Waals surface area contributed by atoms with Gasteiger partial charge in [-0.3, -0.25) is 0 Å². The number of ether oxygens (including phenoxy) is 2. The summed E-state index contributed by atoms with van der Waals surface area (Å²) in [5.41, 5.74) is -0.508. The second kappa shape index (κ2) is 10.4. The van der Waals surface area contributed by atoms with E-state index in [4.69, 9.17) is 14.5 Å². The van der Waals surface area contributed by atoms with Gasteiger partial charge in [-0.1, -0.05) is 0 Å². The van der Waals surface area contributed by atoms with Gasteiger partial charge in [-0.05, 0) is 40.5 Å². The van der Waals surface area contributed by atoms with Crippen molar-refractivity contribution in [2.75, 3.05) is 33.4 Å². The Bertz CT molecular complexity index is 696. The quantitative estimate of drug-likeness (QED) is 0.396. The van der Waals surface area contributed by atoms with E-state index in [-0.39, 0.29) is 12.1 Å². The molecule has 1 fully saturated rings. The van der Waals surface area contributed by atoms with E-state index < -0.39 is 5.60 Å². The lowest BCUT2D eigenvalue weighted by atomic mass is 10.2. The summed E-state index contributed by atoms with van der Waals surface area (Å²) in [5.74, 6) is 2.46. The molecule has 0 radical (unpaired) electrons. The van der Waals surface area contributed by atoms with Crippen molar-refractivity contribution in [3.63, 3.8) is 0 Å². The summed E-state index contributed by atoms with van der Waals surface area (Å²) in [6, 6.07) is 0.0212. The Morgan fingerprint density at radius 3 is 2.72 bits per heavy atom. The maximum absolute atomic E-state index is 12.1. The lowest BCUT2D eigenvalue weighted by Gasteiger charge is -2.23. The highest BCUT2D eigenvalue weighted by Gasteiger charge is 2.28. The standard InChI is InChI=1S/C19H35N7O3/c1-14-23-24-16(25(14)5)12-21-17(20-9-7-11-28-6)26-10-8-15(13-26)22-18(27)29-19(2,3)4/h15H,7-13H2,1-6H3,(H,20,21)(H,22,27). The molecule has 1 amide bonds. The molecule has 1 aromatic rings. The number of guanidine groups is 1. The molecule has 10 nitrogen and oxygen atoms in total. The minimum absolute atomic E-state index is 0.0212. The molecule has 2 N–H and O–H groups in total. The van der Waals surface area contributed by atoms with Crippen molar-refractivity contribution in [1.29, 1.82) is 0 Å². The van der Waals surface area contributed by atoms with Crippen LogP contribution in [0.1, 0.15) is 45.3 Å². The monoisotopic (exact) mass is 409 g/mol. The van der Waals surface area contributed by atoms with Crippen LogP contribution in [-0.4, -0.2) is 76.7 Å². The molecule has 1 aromatic heterocycles. The number of nitrogens with one attached hydrogen (secondary N) is 2. The average Bonchev–Trinajstić information content (AvgIpc) is 3.20. The van der Waals surface area contributed by atoms with E-state index in [1.165, 1.54) is 0 Å². The van der Waals surface area contributed by atoms with Crippen molar-refractivity contribution < 1.29 is 14.3 Å². The fourth-order valence-corrected chi connectivity index (χ4v) is 2.96. The Morgan fingerprint density at radius 1 is 1.34 bits per heavy atom. The molecule has 1 saturated heterocycles. The molecule has 1 atom stereocenters. The van der Waals surface area contributed by atoms with Crippen molar-refractivity contribution in [1.82, 2.24) is 30.3 Å². The number of likely N-dealkylation sites (tertiary alicyclic amines) is 1. The van der Waals surface area contributed by atoms with Crippen molar-refractivity contribution in [3.8, 4) is 0 Å². The number of amides is 1. The van der Waals surface area contributed by atoms with Crippen LogP contribution in [-0.2, 0) is 23.1 Å². The van der Waals surface area contributed by atoms with Gasteiger partial charge in [0.25, 0.3) is 0 Å². The fraction of sp³-hybridized carbons (Fsp3) is 0.789. The second-order valence-corrected chi connectivity index (χ2v) is 8.21. The molecular weight excluding hydrogens is 374 g/mol. The Kier molecular flexibility index (Phi) is 8.24. The largest absolute Gasteiger partial charge is 0.444 e. The molecule has 1 aliphatic rings. The lowest BCUT2D eigenvalue weighted by Crippen LogP contribution is -2.44. The van der Waals surface area contributed by atoms with Gasteiger partial charge in [0, 0.05) is 40.4 Å². The van der Waals surface area contributed by atoms with E-state index in [2.05, 4.69) is 25.7 Å². The number of aromatic nitrogens is 3. The van der Waals surface area contributed by atoms with Crippen LogP contribution in [0.3, 0.4) is 0 Å². The zero-order chi connectivity index (χ0) is 21.4. The summed E-state index contributed by atoms with van der Waals surface area (Å²) in [6.45, 7) is 10.8. The first-order valence-electron chi connectivity index (χ1n) is 10.1. The highest BCUT2D eigenvalue weighted by molar-refractivity contribution is 5.80. The maximum atomic E-state index is 12.1. The van der Waals surface area contributed by atoms with Gasteiger partial charge in [-0.15, -0.1) is 10.2 Å². The van der Waals surface area contributed by atoms with E-state index in [0.29, 0.717) is 19.7 Å². The molecule has 2 heterocycles. The Labute approximate surface area is 173 Å². The van der Waals surface area contributed by atoms with Crippen LogP contribution >= 0.6 is 0 Å². The van der Waals surface area contributed by atoms with Crippen LogP contribution in [0.4, 0.5) is 4.79 Å². The topological polar surface area (TPSA) is 106 Å². The molecule has 0 bridgehead atoms. The number of hydrogen-bond donors (Lipinski definition) is 2. The number of aryl methyl sites for hydroxylation is 1. The van der Waals surface area contributed by atoms with Crippen molar-refractivity contribution in [3.05, 3.63) is 11.6 Å². The second-order valence-electron chi connectivity index (χ2n) is 8.21. The van der Waals surface area contributed by atoms with Crippen LogP contribution in [0.25, 0.3) is 0 Å². The van der Waals surface area contributed by atoms with Crippen LogP contribution < -0.4 is 10.6 Å². The number of alkyl carbamates (subject to hydrolysis) is 1. The molecule has 164 valence electrons. The summed E-state index contributed by atoms with van der Waals surface area (Å²) < 4.78 is 12.4. The van der Waals surface area contributed by atoms with Crippen molar-refractivity contribution in [2.24, 2.45) is 12.0 Å². The van der Waals surface area contributed by atoms with E-state index in [9.17, 15) is 4.79 Å². The molecule has 0 aromatic carbocycles. The first kappa shape index (κ1) is 22.9. The summed E-state index contributed by atoms with van der Waals surface area (Å²) in [4.78, 5) is 19.0. The molecule has 2 rings (SSSR count). The average molecular weight is 410 g/mol. The third-order valence-electron chi connectivity index (χ3n) is 4.57. The SMILES string of the molecule is COCCCNC(=NCc1nnc(C)n1C)N1CCC(NC(=O)OC(C)(C)C)C1. The number of rotatable bonds is 7. The van der Waals surface area contributed by atoms with Gasteiger partial charge in [0.2, 0.25) is 0 Å². The molecule has 1 aliphatic heterocycles. The van der Waals surface area contributed by atoms with E-state index >= 15 is 0 Å². The number of methoxy groups -OCH3 is 1. The van der Waals surface area contributed by atoms with Crippen LogP contribution in [0.2, 0.25) is 0 Å². The van der Waals surface area contributed by atoms with E-state index in [1.807, 2.05) is 39.3 Å². The Morgan fingerprint density at radius 2 is 2.10 bits per heavy atom. The minimum atomic E-state index is -0.508. The summed E-state index contributed by atoms with van der Waals surface area (Å²) in [6.07, 6.45) is 1.33. The van der Waals surface area contributed by atoms with Crippen molar-refractivity contribution in [2.45, 2.75) is 58.7 Å². The van der Waals surface area contributed by atoms with Crippen molar-refractivity contribution >= 4 is 12.1 Å². The number of carbonyl (C=O) groups is 1. The predicted molar refractivity (Wildman–Crippen MR) is 111 cm³/mol. The van der Waals surface area contributed by atoms with Crippen LogP contribution in [0.15, 0.2) is 4.99 Å². The summed E-state index contributed by atoms with van der Waals surface area (Å²) >= 11 is 0. The first-order valence-corrected chi connectivity index (χ1v) is 10.1. The fourth-order valence-electron chi connectivity index (χ4n) is 2.96. The van der Waals surface area contributed by atoms with Gasteiger partial charge in [-0.2, -0.15) is 0 Å².